The molecule has 0 amide bonds. The van der Waals surface area contributed by atoms with Gasteiger partial charge in [-0.2, -0.15) is 4.98 Å². The van der Waals surface area contributed by atoms with Crippen molar-refractivity contribution in [3.05, 3.63) is 45.8 Å². The van der Waals surface area contributed by atoms with Crippen LogP contribution in [0.4, 0.5) is 11.5 Å². The second-order valence-electron chi connectivity index (χ2n) is 3.12. The number of rotatable bonds is 4. The van der Waals surface area contributed by atoms with Gasteiger partial charge in [-0.3, -0.25) is 10.1 Å². The monoisotopic (exact) mass is 254 g/mol. The van der Waals surface area contributed by atoms with Crippen molar-refractivity contribution in [3.63, 3.8) is 0 Å². The van der Waals surface area contributed by atoms with Gasteiger partial charge < -0.3 is 9.73 Å². The van der Waals surface area contributed by atoms with Crippen molar-refractivity contribution in [2.24, 2.45) is 0 Å². The van der Waals surface area contributed by atoms with E-state index in [4.69, 9.17) is 16.0 Å². The minimum Gasteiger partial charge on any atom is -0.472 e. The third-order valence-corrected chi connectivity index (χ3v) is 2.16. The van der Waals surface area contributed by atoms with Crippen molar-refractivity contribution in [3.8, 4) is 0 Å². The second kappa shape index (κ2) is 4.79. The first-order valence-corrected chi connectivity index (χ1v) is 4.96. The first kappa shape index (κ1) is 11.3. The number of halogens is 1. The molecule has 1 N–H and O–H groups in total. The average Bonchev–Trinajstić information content (AvgIpc) is 2.78. The summed E-state index contributed by atoms with van der Waals surface area (Å²) in [6, 6.07) is 1.74. The number of hydrogen-bond donors (Lipinski definition) is 1. The highest BCUT2D eigenvalue weighted by molar-refractivity contribution is 6.28. The fraction of sp³-hybridized carbons (Fsp3) is 0.111. The molecule has 0 bridgehead atoms. The maximum absolute atomic E-state index is 10.7. The van der Waals surface area contributed by atoms with Crippen LogP contribution in [-0.2, 0) is 6.54 Å². The van der Waals surface area contributed by atoms with Crippen LogP contribution in [0.3, 0.4) is 0 Å². The molecule has 0 spiro atoms. The number of nitrogens with zero attached hydrogens (tertiary/aromatic N) is 3. The number of furan rings is 1. The Kier molecular flexibility index (Phi) is 3.20. The standard InChI is InChI=1S/C9H7ClN4O3/c10-9-12-4-7(14(15)16)8(13-9)11-3-6-1-2-17-5-6/h1-2,4-5H,3H2,(H,11,12,13). The second-order valence-corrected chi connectivity index (χ2v) is 3.45. The molecule has 88 valence electrons. The van der Waals surface area contributed by atoms with E-state index in [0.717, 1.165) is 11.8 Å². The van der Waals surface area contributed by atoms with Crippen LogP contribution in [0, 0.1) is 10.1 Å². The van der Waals surface area contributed by atoms with Gasteiger partial charge in [0, 0.05) is 12.1 Å². The Morgan fingerprint density at radius 1 is 1.59 bits per heavy atom. The molecule has 0 aliphatic heterocycles. The normalized spacial score (nSPS) is 10.2. The van der Waals surface area contributed by atoms with Crippen molar-refractivity contribution < 1.29 is 9.34 Å². The lowest BCUT2D eigenvalue weighted by Gasteiger charge is -2.04. The quantitative estimate of drug-likeness (QED) is 0.511. The summed E-state index contributed by atoms with van der Waals surface area (Å²) in [6.45, 7) is 0.352. The lowest BCUT2D eigenvalue weighted by molar-refractivity contribution is -0.384. The minimum atomic E-state index is -0.575. The van der Waals surface area contributed by atoms with Crippen molar-refractivity contribution in [1.82, 2.24) is 9.97 Å². The van der Waals surface area contributed by atoms with Gasteiger partial charge in [-0.1, -0.05) is 0 Å². The molecule has 0 aliphatic carbocycles. The molecule has 0 aromatic carbocycles. The largest absolute Gasteiger partial charge is 0.472 e. The summed E-state index contributed by atoms with van der Waals surface area (Å²) < 4.78 is 4.87. The van der Waals surface area contributed by atoms with Gasteiger partial charge in [-0.25, -0.2) is 4.98 Å². The molecule has 0 fully saturated rings. The average molecular weight is 255 g/mol. The Morgan fingerprint density at radius 2 is 2.41 bits per heavy atom. The Morgan fingerprint density at radius 3 is 3.06 bits per heavy atom. The lowest BCUT2D eigenvalue weighted by atomic mass is 10.3. The topological polar surface area (TPSA) is 94.1 Å². The van der Waals surface area contributed by atoms with Gasteiger partial charge in [0.15, 0.2) is 0 Å². The number of anilines is 1. The number of nitro groups is 1. The van der Waals surface area contributed by atoms with Crippen LogP contribution in [-0.4, -0.2) is 14.9 Å². The molecule has 2 rings (SSSR count). The molecule has 2 aromatic rings. The summed E-state index contributed by atoms with van der Waals surface area (Å²) in [6.07, 6.45) is 4.10. The van der Waals surface area contributed by atoms with E-state index in [-0.39, 0.29) is 16.8 Å². The summed E-state index contributed by atoms with van der Waals surface area (Å²) in [5, 5.41) is 13.5. The molecule has 0 atom stereocenters. The van der Waals surface area contributed by atoms with Gasteiger partial charge in [0.25, 0.3) is 0 Å². The maximum Gasteiger partial charge on any atom is 0.329 e. The van der Waals surface area contributed by atoms with E-state index in [2.05, 4.69) is 15.3 Å². The third-order valence-electron chi connectivity index (χ3n) is 1.98. The zero-order chi connectivity index (χ0) is 12.3. The Balaban J connectivity index is 2.19. The molecule has 0 saturated carbocycles. The van der Waals surface area contributed by atoms with E-state index in [9.17, 15) is 10.1 Å². The Hall–Kier alpha value is -2.15. The summed E-state index contributed by atoms with van der Waals surface area (Å²) in [4.78, 5) is 17.5. The lowest BCUT2D eigenvalue weighted by Crippen LogP contribution is -2.05. The highest BCUT2D eigenvalue weighted by Crippen LogP contribution is 2.22. The van der Waals surface area contributed by atoms with E-state index in [0.29, 0.717) is 6.54 Å². The molecular formula is C9H7ClN4O3. The fourth-order valence-electron chi connectivity index (χ4n) is 1.20. The summed E-state index contributed by atoms with van der Waals surface area (Å²) >= 11 is 5.58. The van der Waals surface area contributed by atoms with E-state index < -0.39 is 4.92 Å². The van der Waals surface area contributed by atoms with E-state index in [1.807, 2.05) is 0 Å². The van der Waals surface area contributed by atoms with Gasteiger partial charge >= 0.3 is 5.69 Å². The smallest absolute Gasteiger partial charge is 0.329 e. The molecule has 2 heterocycles. The van der Waals surface area contributed by atoms with Gasteiger partial charge in [-0.05, 0) is 17.7 Å². The van der Waals surface area contributed by atoms with Crippen molar-refractivity contribution >= 4 is 23.1 Å². The van der Waals surface area contributed by atoms with Crippen LogP contribution in [0.25, 0.3) is 0 Å². The van der Waals surface area contributed by atoms with Gasteiger partial charge in [0.2, 0.25) is 11.1 Å². The van der Waals surface area contributed by atoms with E-state index in [1.54, 1.807) is 6.07 Å². The van der Waals surface area contributed by atoms with Crippen LogP contribution >= 0.6 is 11.6 Å². The van der Waals surface area contributed by atoms with Crippen LogP contribution in [0.5, 0.6) is 0 Å². The Bertz CT molecular complexity index is 529. The van der Waals surface area contributed by atoms with E-state index in [1.165, 1.54) is 12.5 Å². The van der Waals surface area contributed by atoms with Crippen molar-refractivity contribution in [1.29, 1.82) is 0 Å². The van der Waals surface area contributed by atoms with Gasteiger partial charge in [0.1, 0.15) is 6.20 Å². The first-order chi connectivity index (χ1) is 8.16. The highest BCUT2D eigenvalue weighted by atomic mass is 35.5. The van der Waals surface area contributed by atoms with Crippen molar-refractivity contribution in [2.45, 2.75) is 6.54 Å². The maximum atomic E-state index is 10.7. The zero-order valence-corrected chi connectivity index (χ0v) is 9.22. The summed E-state index contributed by atoms with van der Waals surface area (Å²) in [5.74, 6) is 0.0798. The van der Waals surface area contributed by atoms with E-state index >= 15 is 0 Å². The molecule has 8 heteroatoms. The fourth-order valence-corrected chi connectivity index (χ4v) is 1.33. The third kappa shape index (κ3) is 2.70. The Labute approximate surface area is 101 Å². The highest BCUT2D eigenvalue weighted by Gasteiger charge is 2.16. The zero-order valence-electron chi connectivity index (χ0n) is 8.46. The molecule has 0 radical (unpaired) electrons. The molecule has 0 saturated heterocycles. The molecule has 17 heavy (non-hydrogen) atoms. The van der Waals surface area contributed by atoms with Gasteiger partial charge in [-0.15, -0.1) is 0 Å². The van der Waals surface area contributed by atoms with Gasteiger partial charge in [0.05, 0.1) is 17.4 Å². The summed E-state index contributed by atoms with van der Waals surface area (Å²) in [7, 11) is 0. The molecule has 0 unspecified atom stereocenters. The van der Waals surface area contributed by atoms with Crippen molar-refractivity contribution in [2.75, 3.05) is 5.32 Å². The molecule has 7 nitrogen and oxygen atoms in total. The van der Waals surface area contributed by atoms with Crippen LogP contribution in [0.1, 0.15) is 5.56 Å². The molecule has 2 aromatic heterocycles. The minimum absolute atomic E-state index is 0.0507. The van der Waals surface area contributed by atoms with Crippen LogP contribution < -0.4 is 5.32 Å². The summed E-state index contributed by atoms with van der Waals surface area (Å²) in [5.41, 5.74) is 0.618. The SMILES string of the molecule is O=[N+]([O-])c1cnc(Cl)nc1NCc1ccoc1. The predicted molar refractivity (Wildman–Crippen MR) is 59.7 cm³/mol. The number of aromatic nitrogens is 2. The molecular weight excluding hydrogens is 248 g/mol. The van der Waals surface area contributed by atoms with Crippen LogP contribution in [0.15, 0.2) is 29.2 Å². The number of hydrogen-bond acceptors (Lipinski definition) is 6. The predicted octanol–water partition coefficient (Wildman–Crippen LogP) is 2.24. The molecule has 0 aliphatic rings. The number of nitrogens with one attached hydrogen (secondary N) is 1. The van der Waals surface area contributed by atoms with Crippen LogP contribution in [0.2, 0.25) is 5.28 Å². The first-order valence-electron chi connectivity index (χ1n) is 4.58.